The average Bonchev–Trinajstić information content (AvgIpc) is 2.54. The molecule has 0 saturated heterocycles. The molecule has 0 spiro atoms. The number of allylic oxidation sites excluding steroid dienone is 1. The minimum absolute atomic E-state index is 0.0775. The SMILES string of the molecule is OCC(CC=Cc1ccc(O)cc1)CNc1ccc(F)cc1. The molecule has 3 nitrogen and oxygen atoms in total. The molecule has 0 heterocycles. The van der Waals surface area contributed by atoms with Crippen LogP contribution in [0.25, 0.3) is 6.08 Å². The van der Waals surface area contributed by atoms with Crippen molar-refractivity contribution < 1.29 is 14.6 Å². The second-order valence-electron chi connectivity index (χ2n) is 5.17. The van der Waals surface area contributed by atoms with Crippen LogP contribution in [-0.2, 0) is 0 Å². The molecule has 116 valence electrons. The van der Waals surface area contributed by atoms with Crippen molar-refractivity contribution in [1.29, 1.82) is 0 Å². The number of anilines is 1. The van der Waals surface area contributed by atoms with Crippen LogP contribution >= 0.6 is 0 Å². The molecule has 2 aromatic rings. The van der Waals surface area contributed by atoms with Gasteiger partial charge in [-0.25, -0.2) is 4.39 Å². The average molecular weight is 301 g/mol. The Morgan fingerprint density at radius 1 is 1.05 bits per heavy atom. The maximum Gasteiger partial charge on any atom is 0.123 e. The first-order valence-electron chi connectivity index (χ1n) is 7.23. The molecule has 0 aliphatic rings. The Morgan fingerprint density at radius 2 is 1.73 bits per heavy atom. The van der Waals surface area contributed by atoms with Gasteiger partial charge < -0.3 is 15.5 Å². The van der Waals surface area contributed by atoms with Crippen LogP contribution in [0, 0.1) is 11.7 Å². The van der Waals surface area contributed by atoms with Gasteiger partial charge in [-0.15, -0.1) is 0 Å². The minimum Gasteiger partial charge on any atom is -0.508 e. The first-order valence-corrected chi connectivity index (χ1v) is 7.23. The molecule has 1 unspecified atom stereocenters. The lowest BCUT2D eigenvalue weighted by Gasteiger charge is -2.14. The van der Waals surface area contributed by atoms with Gasteiger partial charge in [0.1, 0.15) is 11.6 Å². The number of aromatic hydroxyl groups is 1. The third kappa shape index (κ3) is 5.22. The van der Waals surface area contributed by atoms with E-state index in [1.165, 1.54) is 12.1 Å². The molecule has 0 aliphatic carbocycles. The predicted octanol–water partition coefficient (Wildman–Crippen LogP) is 3.66. The lowest BCUT2D eigenvalue weighted by atomic mass is 10.1. The van der Waals surface area contributed by atoms with Gasteiger partial charge in [-0.05, 0) is 48.4 Å². The molecular weight excluding hydrogens is 281 g/mol. The number of phenolic OH excluding ortho intramolecular Hbond substituents is 1. The Morgan fingerprint density at radius 3 is 2.36 bits per heavy atom. The standard InChI is InChI=1S/C18H20FNO2/c19-16-6-8-17(9-7-16)20-12-15(13-21)3-1-2-14-4-10-18(22)11-5-14/h1-2,4-11,15,20-22H,3,12-13H2. The van der Waals surface area contributed by atoms with Crippen LogP contribution in [0.3, 0.4) is 0 Å². The summed E-state index contributed by atoms with van der Waals surface area (Å²) in [7, 11) is 0. The van der Waals surface area contributed by atoms with E-state index in [-0.39, 0.29) is 24.1 Å². The van der Waals surface area contributed by atoms with Crippen LogP contribution in [-0.4, -0.2) is 23.4 Å². The highest BCUT2D eigenvalue weighted by Crippen LogP contribution is 2.13. The van der Waals surface area contributed by atoms with E-state index >= 15 is 0 Å². The number of aliphatic hydroxyl groups excluding tert-OH is 1. The van der Waals surface area contributed by atoms with Gasteiger partial charge in [-0.1, -0.05) is 24.3 Å². The molecule has 0 saturated carbocycles. The lowest BCUT2D eigenvalue weighted by molar-refractivity contribution is 0.234. The zero-order chi connectivity index (χ0) is 15.8. The fraction of sp³-hybridized carbons (Fsp3) is 0.222. The molecule has 0 fully saturated rings. The third-order valence-electron chi connectivity index (χ3n) is 3.37. The Bertz CT molecular complexity index is 593. The quantitative estimate of drug-likeness (QED) is 0.731. The van der Waals surface area contributed by atoms with Crippen molar-refractivity contribution in [3.8, 4) is 5.75 Å². The van der Waals surface area contributed by atoms with Crippen LogP contribution < -0.4 is 5.32 Å². The van der Waals surface area contributed by atoms with Gasteiger partial charge in [0.25, 0.3) is 0 Å². The summed E-state index contributed by atoms with van der Waals surface area (Å²) in [4.78, 5) is 0. The Hall–Kier alpha value is -2.33. The summed E-state index contributed by atoms with van der Waals surface area (Å²) in [6, 6.07) is 13.1. The molecule has 0 aromatic heterocycles. The van der Waals surface area contributed by atoms with Crippen LogP contribution in [0.4, 0.5) is 10.1 Å². The van der Waals surface area contributed by atoms with Crippen molar-refractivity contribution >= 4 is 11.8 Å². The molecule has 0 bridgehead atoms. The van der Waals surface area contributed by atoms with Crippen molar-refractivity contribution in [2.75, 3.05) is 18.5 Å². The molecule has 0 amide bonds. The Kier molecular flexibility index (Phi) is 5.98. The molecule has 1 atom stereocenters. The van der Waals surface area contributed by atoms with Crippen LogP contribution in [0.15, 0.2) is 54.6 Å². The molecule has 0 radical (unpaired) electrons. The highest BCUT2D eigenvalue weighted by Gasteiger charge is 2.05. The van der Waals surface area contributed by atoms with Crippen molar-refractivity contribution in [2.45, 2.75) is 6.42 Å². The van der Waals surface area contributed by atoms with Gasteiger partial charge in [0.05, 0.1) is 0 Å². The van der Waals surface area contributed by atoms with E-state index in [2.05, 4.69) is 5.32 Å². The zero-order valence-corrected chi connectivity index (χ0v) is 12.2. The zero-order valence-electron chi connectivity index (χ0n) is 12.2. The van der Waals surface area contributed by atoms with Gasteiger partial charge in [0.2, 0.25) is 0 Å². The number of hydrogen-bond acceptors (Lipinski definition) is 3. The van der Waals surface area contributed by atoms with Crippen LogP contribution in [0.1, 0.15) is 12.0 Å². The van der Waals surface area contributed by atoms with Crippen molar-refractivity contribution in [3.05, 3.63) is 66.0 Å². The number of rotatable bonds is 7. The summed E-state index contributed by atoms with van der Waals surface area (Å²) in [5.41, 5.74) is 1.84. The highest BCUT2D eigenvalue weighted by molar-refractivity contribution is 5.50. The number of nitrogens with one attached hydrogen (secondary N) is 1. The summed E-state index contributed by atoms with van der Waals surface area (Å²) in [5, 5.41) is 21.8. The summed E-state index contributed by atoms with van der Waals surface area (Å²) >= 11 is 0. The molecule has 2 aromatic carbocycles. The fourth-order valence-electron chi connectivity index (χ4n) is 2.03. The first kappa shape index (κ1) is 16.0. The Labute approximate surface area is 129 Å². The van der Waals surface area contributed by atoms with Gasteiger partial charge in [0, 0.05) is 24.8 Å². The number of halogens is 1. The van der Waals surface area contributed by atoms with Gasteiger partial charge in [-0.2, -0.15) is 0 Å². The van der Waals surface area contributed by atoms with E-state index in [9.17, 15) is 14.6 Å². The van der Waals surface area contributed by atoms with Crippen molar-refractivity contribution in [2.24, 2.45) is 5.92 Å². The molecular formula is C18H20FNO2. The number of aliphatic hydroxyl groups is 1. The number of benzene rings is 2. The first-order chi connectivity index (χ1) is 10.7. The number of phenols is 1. The molecule has 22 heavy (non-hydrogen) atoms. The van der Waals surface area contributed by atoms with Crippen molar-refractivity contribution in [3.63, 3.8) is 0 Å². The normalized spacial score (nSPS) is 12.5. The van der Waals surface area contributed by atoms with Crippen LogP contribution in [0.2, 0.25) is 0 Å². The Balaban J connectivity index is 1.81. The topological polar surface area (TPSA) is 52.5 Å². The van der Waals surface area contributed by atoms with E-state index < -0.39 is 0 Å². The van der Waals surface area contributed by atoms with Crippen LogP contribution in [0.5, 0.6) is 5.75 Å². The van der Waals surface area contributed by atoms with E-state index in [0.717, 1.165) is 17.7 Å². The van der Waals surface area contributed by atoms with Gasteiger partial charge in [0.15, 0.2) is 0 Å². The second-order valence-corrected chi connectivity index (χ2v) is 5.17. The summed E-state index contributed by atoms with van der Waals surface area (Å²) in [6.07, 6.45) is 4.69. The van der Waals surface area contributed by atoms with Gasteiger partial charge >= 0.3 is 0 Å². The minimum atomic E-state index is -0.263. The smallest absolute Gasteiger partial charge is 0.123 e. The van der Waals surface area contributed by atoms with Gasteiger partial charge in [-0.3, -0.25) is 0 Å². The lowest BCUT2D eigenvalue weighted by Crippen LogP contribution is -2.17. The summed E-state index contributed by atoms with van der Waals surface area (Å²) in [6.45, 7) is 0.691. The monoisotopic (exact) mass is 301 g/mol. The second kappa shape index (κ2) is 8.20. The molecule has 3 N–H and O–H groups in total. The fourth-order valence-corrected chi connectivity index (χ4v) is 2.03. The predicted molar refractivity (Wildman–Crippen MR) is 87.2 cm³/mol. The molecule has 0 aliphatic heterocycles. The molecule has 4 heteroatoms. The van der Waals surface area contributed by atoms with E-state index in [4.69, 9.17) is 0 Å². The largest absolute Gasteiger partial charge is 0.508 e. The highest BCUT2D eigenvalue weighted by atomic mass is 19.1. The summed E-state index contributed by atoms with van der Waals surface area (Å²) < 4.78 is 12.8. The van der Waals surface area contributed by atoms with E-state index in [0.29, 0.717) is 6.54 Å². The third-order valence-corrected chi connectivity index (χ3v) is 3.37. The number of hydrogen-bond donors (Lipinski definition) is 3. The maximum absolute atomic E-state index is 12.8. The van der Waals surface area contributed by atoms with Crippen molar-refractivity contribution in [1.82, 2.24) is 0 Å². The van der Waals surface area contributed by atoms with E-state index in [1.54, 1.807) is 24.3 Å². The van der Waals surface area contributed by atoms with E-state index in [1.807, 2.05) is 24.3 Å². The molecule has 2 rings (SSSR count). The maximum atomic E-state index is 12.8. The summed E-state index contributed by atoms with van der Waals surface area (Å²) in [5.74, 6) is 0.0633.